The zero-order chi connectivity index (χ0) is 19.0. The number of phenols is 1. The molecule has 1 aromatic carbocycles. The van der Waals surface area contributed by atoms with Crippen molar-refractivity contribution in [3.05, 3.63) is 29.8 Å². The molecule has 5 heteroatoms. The Labute approximate surface area is 157 Å². The van der Waals surface area contributed by atoms with E-state index in [-0.39, 0.29) is 5.75 Å². The zero-order valence-corrected chi connectivity index (χ0v) is 16.2. The Morgan fingerprint density at radius 1 is 0.923 bits per heavy atom. The van der Waals surface area contributed by atoms with Gasteiger partial charge in [-0.25, -0.2) is 4.79 Å². The van der Waals surface area contributed by atoms with E-state index in [1.165, 1.54) is 69.2 Å². The summed E-state index contributed by atoms with van der Waals surface area (Å²) in [5.41, 5.74) is 0.379. The third-order valence-electron chi connectivity index (χ3n) is 4.10. The van der Waals surface area contributed by atoms with Crippen molar-refractivity contribution in [3.8, 4) is 5.75 Å². The Kier molecular flexibility index (Phi) is 12.6. The molecule has 148 valence electrons. The topological polar surface area (TPSA) is 65.0 Å². The average molecular weight is 366 g/mol. The molecule has 0 amide bonds. The summed E-state index contributed by atoms with van der Waals surface area (Å²) in [5, 5.41) is 9.21. The van der Waals surface area contributed by atoms with Gasteiger partial charge in [0.2, 0.25) is 6.29 Å². The minimum absolute atomic E-state index is 0.111. The summed E-state index contributed by atoms with van der Waals surface area (Å²) in [4.78, 5) is 11.9. The van der Waals surface area contributed by atoms with Gasteiger partial charge in [-0.15, -0.1) is 0 Å². The first-order valence-electron chi connectivity index (χ1n) is 9.83. The summed E-state index contributed by atoms with van der Waals surface area (Å²) in [6.45, 7) is 5.55. The number of esters is 1. The van der Waals surface area contributed by atoms with Crippen molar-refractivity contribution < 1.29 is 24.1 Å². The lowest BCUT2D eigenvalue weighted by Gasteiger charge is -2.14. The monoisotopic (exact) mass is 366 g/mol. The van der Waals surface area contributed by atoms with Crippen LogP contribution in [-0.4, -0.2) is 37.2 Å². The molecule has 0 bridgehead atoms. The predicted octanol–water partition coefficient (Wildman–Crippen LogP) is 5.07. The first-order valence-corrected chi connectivity index (χ1v) is 9.83. The molecule has 0 aliphatic heterocycles. The number of phenolic OH excluding ortho intramolecular Hbond substituents is 1. The highest BCUT2D eigenvalue weighted by atomic mass is 16.7. The van der Waals surface area contributed by atoms with Gasteiger partial charge in [0.15, 0.2) is 0 Å². The number of hydrogen-bond acceptors (Lipinski definition) is 5. The molecule has 1 aromatic rings. The number of unbranched alkanes of at least 4 members (excludes halogenated alkanes) is 7. The molecule has 0 radical (unpaired) electrons. The Morgan fingerprint density at radius 3 is 2.19 bits per heavy atom. The Balaban J connectivity index is 1.94. The van der Waals surface area contributed by atoms with E-state index >= 15 is 0 Å². The molecule has 26 heavy (non-hydrogen) atoms. The van der Waals surface area contributed by atoms with Crippen LogP contribution in [0, 0.1) is 0 Å². The largest absolute Gasteiger partial charge is 0.508 e. The molecule has 0 aliphatic rings. The second kappa shape index (κ2) is 14.6. The van der Waals surface area contributed by atoms with E-state index in [1.54, 1.807) is 6.92 Å². The maximum atomic E-state index is 11.9. The molecule has 0 aliphatic carbocycles. The van der Waals surface area contributed by atoms with Crippen LogP contribution in [-0.2, 0) is 14.2 Å². The van der Waals surface area contributed by atoms with Gasteiger partial charge < -0.3 is 19.3 Å². The van der Waals surface area contributed by atoms with E-state index in [4.69, 9.17) is 14.2 Å². The maximum absolute atomic E-state index is 11.9. The summed E-state index contributed by atoms with van der Waals surface area (Å²) in [7, 11) is 0. The highest BCUT2D eigenvalue weighted by molar-refractivity contribution is 5.89. The van der Waals surface area contributed by atoms with Crippen LogP contribution in [0.25, 0.3) is 0 Å². The number of aromatic hydroxyl groups is 1. The van der Waals surface area contributed by atoms with Crippen molar-refractivity contribution in [2.75, 3.05) is 19.8 Å². The van der Waals surface area contributed by atoms with Gasteiger partial charge in [-0.1, -0.05) is 51.9 Å². The molecule has 1 N–H and O–H groups in total. The fraction of sp³-hybridized carbons (Fsp3) is 0.667. The third kappa shape index (κ3) is 11.1. The highest BCUT2D eigenvalue weighted by Gasteiger charge is 2.12. The van der Waals surface area contributed by atoms with E-state index in [2.05, 4.69) is 6.92 Å². The van der Waals surface area contributed by atoms with Gasteiger partial charge in [0, 0.05) is 6.61 Å². The summed E-state index contributed by atoms with van der Waals surface area (Å²) in [6.07, 6.45) is 9.63. The molecule has 0 saturated carbocycles. The number of carbonyl (C=O) groups excluding carboxylic acids is 1. The second-order valence-electron chi connectivity index (χ2n) is 6.48. The lowest BCUT2D eigenvalue weighted by atomic mass is 10.1. The van der Waals surface area contributed by atoms with Crippen LogP contribution in [0.2, 0.25) is 0 Å². The Hall–Kier alpha value is -1.59. The van der Waals surface area contributed by atoms with E-state index in [0.717, 1.165) is 13.0 Å². The second-order valence-corrected chi connectivity index (χ2v) is 6.48. The van der Waals surface area contributed by atoms with Crippen molar-refractivity contribution in [2.24, 2.45) is 0 Å². The van der Waals surface area contributed by atoms with Crippen molar-refractivity contribution in [2.45, 2.75) is 71.5 Å². The number of hydrogen-bond donors (Lipinski definition) is 1. The molecule has 0 saturated heterocycles. The van der Waals surface area contributed by atoms with Crippen LogP contribution < -0.4 is 0 Å². The van der Waals surface area contributed by atoms with Crippen LogP contribution in [0.5, 0.6) is 5.75 Å². The molecule has 1 atom stereocenters. The van der Waals surface area contributed by atoms with E-state index in [0.29, 0.717) is 18.8 Å². The third-order valence-corrected chi connectivity index (χ3v) is 4.10. The SMILES string of the molecule is CCCCCCCCCCOCCOC(C)OC(=O)c1ccc(O)cc1. The molecule has 0 fully saturated rings. The van der Waals surface area contributed by atoms with E-state index in [1.807, 2.05) is 0 Å². The molecule has 0 aromatic heterocycles. The number of ether oxygens (including phenoxy) is 3. The quantitative estimate of drug-likeness (QED) is 0.267. The lowest BCUT2D eigenvalue weighted by molar-refractivity contribution is -0.109. The first kappa shape index (κ1) is 22.5. The van der Waals surface area contributed by atoms with Gasteiger partial charge in [-0.2, -0.15) is 0 Å². The van der Waals surface area contributed by atoms with Crippen molar-refractivity contribution in [1.29, 1.82) is 0 Å². The van der Waals surface area contributed by atoms with E-state index in [9.17, 15) is 9.90 Å². The van der Waals surface area contributed by atoms with Crippen molar-refractivity contribution >= 4 is 5.97 Å². The minimum atomic E-state index is -0.636. The zero-order valence-electron chi connectivity index (χ0n) is 16.2. The van der Waals surface area contributed by atoms with Gasteiger partial charge in [0.25, 0.3) is 0 Å². The fourth-order valence-electron chi connectivity index (χ4n) is 2.56. The molecular weight excluding hydrogens is 332 g/mol. The van der Waals surface area contributed by atoms with Crippen LogP contribution in [0.3, 0.4) is 0 Å². The van der Waals surface area contributed by atoms with Crippen LogP contribution in [0.15, 0.2) is 24.3 Å². The standard InChI is InChI=1S/C21H34O5/c1-3-4-5-6-7-8-9-10-15-24-16-17-25-18(2)26-21(23)19-11-13-20(22)14-12-19/h11-14,18,22H,3-10,15-17H2,1-2H3. The highest BCUT2D eigenvalue weighted by Crippen LogP contribution is 2.12. The molecule has 5 nitrogen and oxygen atoms in total. The van der Waals surface area contributed by atoms with Gasteiger partial charge in [-0.05, 0) is 37.6 Å². The number of rotatable bonds is 15. The first-order chi connectivity index (χ1) is 12.6. The summed E-state index contributed by atoms with van der Waals surface area (Å²) in [6, 6.07) is 5.91. The summed E-state index contributed by atoms with van der Waals surface area (Å²) < 4.78 is 16.1. The van der Waals surface area contributed by atoms with Gasteiger partial charge >= 0.3 is 5.97 Å². The molecule has 0 heterocycles. The van der Waals surface area contributed by atoms with Gasteiger partial charge in [0.05, 0.1) is 18.8 Å². The predicted molar refractivity (Wildman–Crippen MR) is 102 cm³/mol. The number of carbonyl (C=O) groups is 1. The summed E-state index contributed by atoms with van der Waals surface area (Å²) in [5.74, 6) is -0.364. The maximum Gasteiger partial charge on any atom is 0.340 e. The lowest BCUT2D eigenvalue weighted by Crippen LogP contribution is -2.20. The molecule has 1 rings (SSSR count). The number of benzene rings is 1. The van der Waals surface area contributed by atoms with E-state index < -0.39 is 12.3 Å². The minimum Gasteiger partial charge on any atom is -0.508 e. The summed E-state index contributed by atoms with van der Waals surface area (Å²) >= 11 is 0. The smallest absolute Gasteiger partial charge is 0.340 e. The molecule has 1 unspecified atom stereocenters. The molecule has 0 spiro atoms. The average Bonchev–Trinajstić information content (AvgIpc) is 2.63. The normalized spacial score (nSPS) is 12.1. The van der Waals surface area contributed by atoms with Crippen LogP contribution in [0.4, 0.5) is 0 Å². The van der Waals surface area contributed by atoms with Gasteiger partial charge in [-0.3, -0.25) is 0 Å². The Bertz CT molecular complexity index is 472. The van der Waals surface area contributed by atoms with Crippen molar-refractivity contribution in [1.82, 2.24) is 0 Å². The fourth-order valence-corrected chi connectivity index (χ4v) is 2.56. The van der Waals surface area contributed by atoms with Gasteiger partial charge in [0.1, 0.15) is 5.75 Å². The Morgan fingerprint density at radius 2 is 1.54 bits per heavy atom. The van der Waals surface area contributed by atoms with Crippen LogP contribution >= 0.6 is 0 Å². The van der Waals surface area contributed by atoms with Crippen molar-refractivity contribution in [3.63, 3.8) is 0 Å². The van der Waals surface area contributed by atoms with Crippen LogP contribution in [0.1, 0.15) is 75.6 Å². The molecular formula is C21H34O5.